The van der Waals surface area contributed by atoms with Gasteiger partial charge in [0.15, 0.2) is 0 Å². The Morgan fingerprint density at radius 1 is 1.45 bits per heavy atom. The number of nitrogens with two attached hydrogens (primary N) is 1. The highest BCUT2D eigenvalue weighted by molar-refractivity contribution is 9.10. The molecular formula is C15H19BrFN3. The summed E-state index contributed by atoms with van der Waals surface area (Å²) in [6, 6.07) is 4.57. The lowest BCUT2D eigenvalue weighted by molar-refractivity contribution is 0.615. The molecule has 1 aromatic carbocycles. The van der Waals surface area contributed by atoms with Crippen LogP contribution < -0.4 is 5.73 Å². The van der Waals surface area contributed by atoms with Gasteiger partial charge >= 0.3 is 0 Å². The average Bonchev–Trinajstić information content (AvgIpc) is 2.66. The van der Waals surface area contributed by atoms with Gasteiger partial charge in [0.1, 0.15) is 5.82 Å². The number of aromatic nitrogens is 2. The van der Waals surface area contributed by atoms with Crippen molar-refractivity contribution in [3.63, 3.8) is 0 Å². The standard InChI is InChI=1S/C15H19BrFN3/c1-4-13-15(16)14(20(3)19-13)8-12(18)11-6-5-10(17)7-9(11)2/h5-7,12H,4,8,18H2,1-3H3. The molecule has 0 fully saturated rings. The van der Waals surface area contributed by atoms with E-state index >= 15 is 0 Å². The molecular weight excluding hydrogens is 321 g/mol. The van der Waals surface area contributed by atoms with Crippen LogP contribution in [-0.4, -0.2) is 9.78 Å². The second-order valence-electron chi connectivity index (χ2n) is 5.00. The van der Waals surface area contributed by atoms with E-state index in [1.807, 2.05) is 18.7 Å². The van der Waals surface area contributed by atoms with E-state index in [1.165, 1.54) is 12.1 Å². The van der Waals surface area contributed by atoms with Crippen LogP contribution in [0.15, 0.2) is 22.7 Å². The molecule has 20 heavy (non-hydrogen) atoms. The van der Waals surface area contributed by atoms with Gasteiger partial charge in [-0.1, -0.05) is 13.0 Å². The van der Waals surface area contributed by atoms with Crippen LogP contribution in [0, 0.1) is 12.7 Å². The summed E-state index contributed by atoms with van der Waals surface area (Å²) in [4.78, 5) is 0. The first-order chi connectivity index (χ1) is 9.43. The quantitative estimate of drug-likeness (QED) is 0.927. The van der Waals surface area contributed by atoms with Crippen LogP contribution in [0.2, 0.25) is 0 Å². The van der Waals surface area contributed by atoms with Crippen LogP contribution in [0.4, 0.5) is 4.39 Å². The highest BCUT2D eigenvalue weighted by Gasteiger charge is 2.17. The van der Waals surface area contributed by atoms with Crippen molar-refractivity contribution in [2.75, 3.05) is 0 Å². The van der Waals surface area contributed by atoms with Gasteiger partial charge in [-0.15, -0.1) is 0 Å². The predicted molar refractivity (Wildman–Crippen MR) is 82.1 cm³/mol. The number of benzene rings is 1. The van der Waals surface area contributed by atoms with Gasteiger partial charge in [0, 0.05) is 19.5 Å². The van der Waals surface area contributed by atoms with Crippen molar-refractivity contribution in [3.8, 4) is 0 Å². The summed E-state index contributed by atoms with van der Waals surface area (Å²) >= 11 is 3.59. The van der Waals surface area contributed by atoms with E-state index in [0.717, 1.165) is 33.4 Å². The maximum atomic E-state index is 13.2. The molecule has 0 saturated heterocycles. The monoisotopic (exact) mass is 339 g/mol. The molecule has 1 unspecified atom stereocenters. The maximum Gasteiger partial charge on any atom is 0.123 e. The summed E-state index contributed by atoms with van der Waals surface area (Å²) in [6.07, 6.45) is 1.54. The van der Waals surface area contributed by atoms with E-state index < -0.39 is 0 Å². The smallest absolute Gasteiger partial charge is 0.123 e. The third-order valence-corrected chi connectivity index (χ3v) is 4.46. The Morgan fingerprint density at radius 2 is 2.15 bits per heavy atom. The molecule has 1 atom stereocenters. The summed E-state index contributed by atoms with van der Waals surface area (Å²) < 4.78 is 16.0. The molecule has 1 heterocycles. The van der Waals surface area contributed by atoms with Gasteiger partial charge in [-0.2, -0.15) is 5.10 Å². The van der Waals surface area contributed by atoms with Crippen LogP contribution in [0.5, 0.6) is 0 Å². The van der Waals surface area contributed by atoms with Crippen LogP contribution in [0.1, 0.15) is 35.5 Å². The Bertz CT molecular complexity index is 622. The number of nitrogens with zero attached hydrogens (tertiary/aromatic N) is 2. The lowest BCUT2D eigenvalue weighted by Crippen LogP contribution is -2.17. The molecule has 0 aliphatic heterocycles. The fraction of sp³-hybridized carbons (Fsp3) is 0.400. The van der Waals surface area contributed by atoms with Gasteiger partial charge < -0.3 is 5.73 Å². The van der Waals surface area contributed by atoms with Crippen molar-refractivity contribution in [1.82, 2.24) is 9.78 Å². The maximum absolute atomic E-state index is 13.2. The minimum Gasteiger partial charge on any atom is -0.324 e. The van der Waals surface area contributed by atoms with E-state index in [1.54, 1.807) is 6.07 Å². The van der Waals surface area contributed by atoms with Gasteiger partial charge in [-0.05, 0) is 52.5 Å². The van der Waals surface area contributed by atoms with Crippen LogP contribution >= 0.6 is 15.9 Å². The van der Waals surface area contributed by atoms with Gasteiger partial charge in [0.05, 0.1) is 15.9 Å². The minimum absolute atomic E-state index is 0.174. The molecule has 0 spiro atoms. The molecule has 3 nitrogen and oxygen atoms in total. The number of hydrogen-bond acceptors (Lipinski definition) is 2. The van der Waals surface area contributed by atoms with Crippen molar-refractivity contribution < 1.29 is 4.39 Å². The largest absolute Gasteiger partial charge is 0.324 e. The van der Waals surface area contributed by atoms with E-state index in [2.05, 4.69) is 28.0 Å². The van der Waals surface area contributed by atoms with Gasteiger partial charge in [-0.25, -0.2) is 4.39 Å². The molecule has 2 rings (SSSR count). The SMILES string of the molecule is CCc1nn(C)c(CC(N)c2ccc(F)cc2C)c1Br. The zero-order valence-corrected chi connectivity index (χ0v) is 13.5. The van der Waals surface area contributed by atoms with Crippen LogP contribution in [0.3, 0.4) is 0 Å². The van der Waals surface area contributed by atoms with Crippen molar-refractivity contribution >= 4 is 15.9 Å². The van der Waals surface area contributed by atoms with Crippen LogP contribution in [0.25, 0.3) is 0 Å². The lowest BCUT2D eigenvalue weighted by Gasteiger charge is -2.15. The van der Waals surface area contributed by atoms with E-state index in [0.29, 0.717) is 6.42 Å². The Kier molecular flexibility index (Phi) is 4.60. The predicted octanol–water partition coefficient (Wildman–Crippen LogP) is 3.44. The number of rotatable bonds is 4. The van der Waals surface area contributed by atoms with Crippen molar-refractivity contribution in [2.24, 2.45) is 12.8 Å². The third-order valence-electron chi connectivity index (χ3n) is 3.55. The molecule has 0 amide bonds. The topological polar surface area (TPSA) is 43.8 Å². The van der Waals surface area contributed by atoms with Crippen molar-refractivity contribution in [2.45, 2.75) is 32.7 Å². The van der Waals surface area contributed by atoms with E-state index in [9.17, 15) is 4.39 Å². The van der Waals surface area contributed by atoms with Crippen molar-refractivity contribution in [1.29, 1.82) is 0 Å². The molecule has 0 bridgehead atoms. The molecule has 0 saturated carbocycles. The Morgan fingerprint density at radius 3 is 2.70 bits per heavy atom. The summed E-state index contributed by atoms with van der Waals surface area (Å²) in [5.74, 6) is -0.228. The molecule has 2 aromatic rings. The first-order valence-electron chi connectivity index (χ1n) is 6.65. The van der Waals surface area contributed by atoms with Gasteiger partial charge in [0.2, 0.25) is 0 Å². The fourth-order valence-corrected chi connectivity index (χ4v) is 3.19. The van der Waals surface area contributed by atoms with E-state index in [-0.39, 0.29) is 11.9 Å². The molecule has 0 aliphatic rings. The van der Waals surface area contributed by atoms with Crippen molar-refractivity contribution in [3.05, 3.63) is 51.0 Å². The zero-order chi connectivity index (χ0) is 14.9. The summed E-state index contributed by atoms with van der Waals surface area (Å²) in [7, 11) is 1.92. The van der Waals surface area contributed by atoms with E-state index in [4.69, 9.17) is 5.73 Å². The van der Waals surface area contributed by atoms with Gasteiger partial charge in [0.25, 0.3) is 0 Å². The molecule has 5 heteroatoms. The first-order valence-corrected chi connectivity index (χ1v) is 7.45. The Hall–Kier alpha value is -1.20. The minimum atomic E-state index is -0.228. The second-order valence-corrected chi connectivity index (χ2v) is 5.79. The summed E-state index contributed by atoms with van der Waals surface area (Å²) in [5, 5.41) is 4.47. The summed E-state index contributed by atoms with van der Waals surface area (Å²) in [6.45, 7) is 3.95. The highest BCUT2D eigenvalue weighted by atomic mass is 79.9. The average molecular weight is 340 g/mol. The Labute approximate surface area is 127 Å². The molecule has 108 valence electrons. The fourth-order valence-electron chi connectivity index (χ4n) is 2.41. The molecule has 2 N–H and O–H groups in total. The van der Waals surface area contributed by atoms with Gasteiger partial charge in [-0.3, -0.25) is 4.68 Å². The number of aryl methyl sites for hydroxylation is 3. The number of halogens is 2. The second kappa shape index (κ2) is 6.06. The summed E-state index contributed by atoms with van der Waals surface area (Å²) in [5.41, 5.74) is 10.2. The Balaban J connectivity index is 2.27. The normalized spacial score (nSPS) is 12.7. The first kappa shape index (κ1) is 15.2. The number of hydrogen-bond donors (Lipinski definition) is 1. The molecule has 0 radical (unpaired) electrons. The van der Waals surface area contributed by atoms with Crippen LogP contribution in [-0.2, 0) is 19.9 Å². The zero-order valence-electron chi connectivity index (χ0n) is 12.0. The molecule has 1 aromatic heterocycles. The third kappa shape index (κ3) is 2.94. The highest BCUT2D eigenvalue weighted by Crippen LogP contribution is 2.27. The molecule has 0 aliphatic carbocycles. The lowest BCUT2D eigenvalue weighted by atomic mass is 9.98.